The second-order valence-corrected chi connectivity index (χ2v) is 5.55. The molecular formula is C14H14FN3O3S. The first-order valence-corrected chi connectivity index (χ1v) is 7.37. The quantitative estimate of drug-likeness (QED) is 0.734. The SMILES string of the molecule is CNN(O)S(=O)c1cccc(C(=O)Nc2ccc(F)cc2)c1. The van der Waals surface area contributed by atoms with Gasteiger partial charge in [-0.25, -0.2) is 14.0 Å². The predicted molar refractivity (Wildman–Crippen MR) is 79.9 cm³/mol. The zero-order valence-corrected chi connectivity index (χ0v) is 12.4. The molecule has 0 saturated carbocycles. The summed E-state index contributed by atoms with van der Waals surface area (Å²) in [6.45, 7) is 0. The minimum atomic E-state index is -1.86. The number of amides is 1. The van der Waals surface area contributed by atoms with Crippen LogP contribution in [0.3, 0.4) is 0 Å². The van der Waals surface area contributed by atoms with Crippen LogP contribution in [0.5, 0.6) is 0 Å². The number of hydrogen-bond acceptors (Lipinski definition) is 4. The molecule has 2 rings (SSSR count). The van der Waals surface area contributed by atoms with E-state index >= 15 is 0 Å². The molecule has 0 aliphatic heterocycles. The average molecular weight is 323 g/mol. The topological polar surface area (TPSA) is 81.7 Å². The summed E-state index contributed by atoms with van der Waals surface area (Å²) in [5, 5.41) is 12.0. The molecule has 0 saturated heterocycles. The molecule has 1 unspecified atom stereocenters. The fourth-order valence-corrected chi connectivity index (χ4v) is 2.45. The highest BCUT2D eigenvalue weighted by atomic mass is 32.2. The Labute approximate surface area is 129 Å². The number of nitrogens with zero attached hydrogens (tertiary/aromatic N) is 1. The Morgan fingerprint density at radius 2 is 1.91 bits per heavy atom. The number of carbonyl (C=O) groups is 1. The molecule has 8 heteroatoms. The van der Waals surface area contributed by atoms with Gasteiger partial charge in [0.25, 0.3) is 5.91 Å². The lowest BCUT2D eigenvalue weighted by Crippen LogP contribution is -2.33. The highest BCUT2D eigenvalue weighted by Crippen LogP contribution is 2.14. The maximum Gasteiger partial charge on any atom is 0.255 e. The summed E-state index contributed by atoms with van der Waals surface area (Å²) >= 11 is 0. The van der Waals surface area contributed by atoms with E-state index in [1.54, 1.807) is 12.1 Å². The van der Waals surface area contributed by atoms with E-state index in [0.29, 0.717) is 10.3 Å². The largest absolute Gasteiger partial charge is 0.322 e. The molecule has 116 valence electrons. The molecule has 1 amide bonds. The fourth-order valence-electron chi connectivity index (χ4n) is 1.67. The third kappa shape index (κ3) is 3.95. The maximum atomic E-state index is 12.8. The molecule has 0 bridgehead atoms. The normalized spacial score (nSPS) is 12.2. The number of carbonyl (C=O) groups excluding carboxylic acids is 1. The maximum absolute atomic E-state index is 12.8. The van der Waals surface area contributed by atoms with Crippen LogP contribution < -0.4 is 10.7 Å². The molecule has 0 aliphatic rings. The third-order valence-electron chi connectivity index (χ3n) is 2.75. The number of hydrazine groups is 1. The van der Waals surface area contributed by atoms with Gasteiger partial charge in [-0.05, 0) is 47.0 Å². The molecule has 6 nitrogen and oxygen atoms in total. The average Bonchev–Trinajstić information content (AvgIpc) is 2.55. The van der Waals surface area contributed by atoms with Crippen LogP contribution >= 0.6 is 0 Å². The summed E-state index contributed by atoms with van der Waals surface area (Å²) in [6.07, 6.45) is 0. The lowest BCUT2D eigenvalue weighted by molar-refractivity contribution is -0.0303. The summed E-state index contributed by atoms with van der Waals surface area (Å²) in [7, 11) is -0.451. The smallest absolute Gasteiger partial charge is 0.255 e. The van der Waals surface area contributed by atoms with Crippen molar-refractivity contribution in [1.82, 2.24) is 10.0 Å². The monoisotopic (exact) mass is 323 g/mol. The first-order valence-electron chi connectivity index (χ1n) is 6.26. The first-order chi connectivity index (χ1) is 10.5. The van der Waals surface area contributed by atoms with Crippen LogP contribution in [-0.4, -0.2) is 26.9 Å². The van der Waals surface area contributed by atoms with Gasteiger partial charge >= 0.3 is 0 Å². The Kier molecular flexibility index (Phi) is 5.34. The van der Waals surface area contributed by atoms with Crippen LogP contribution in [0.15, 0.2) is 53.4 Å². The van der Waals surface area contributed by atoms with Gasteiger partial charge in [0.2, 0.25) is 0 Å². The minimum absolute atomic E-state index is 0.253. The van der Waals surface area contributed by atoms with E-state index in [4.69, 9.17) is 0 Å². The standard InChI is InChI=1S/C14H14FN3O3S/c1-16-18(20)22(21)13-4-2-3-10(9-13)14(19)17-12-7-5-11(15)6-8-12/h2-9,16,20H,1H3,(H,17,19). The number of hydrogen-bond donors (Lipinski definition) is 3. The van der Waals surface area contributed by atoms with Crippen molar-refractivity contribution < 1.29 is 18.6 Å². The Balaban J connectivity index is 2.16. The number of rotatable bonds is 5. The Hall–Kier alpha value is -2.13. The summed E-state index contributed by atoms with van der Waals surface area (Å²) in [6, 6.07) is 11.4. The number of benzene rings is 2. The number of nitrogens with one attached hydrogen (secondary N) is 2. The molecule has 0 spiro atoms. The van der Waals surface area contributed by atoms with E-state index < -0.39 is 22.7 Å². The van der Waals surface area contributed by atoms with Crippen LogP contribution in [0.2, 0.25) is 0 Å². The van der Waals surface area contributed by atoms with E-state index in [1.807, 2.05) is 0 Å². The Morgan fingerprint density at radius 1 is 1.23 bits per heavy atom. The van der Waals surface area contributed by atoms with E-state index in [9.17, 15) is 18.6 Å². The van der Waals surface area contributed by atoms with Gasteiger partial charge in [0.15, 0.2) is 11.0 Å². The van der Waals surface area contributed by atoms with Crippen LogP contribution in [0.25, 0.3) is 0 Å². The molecule has 0 heterocycles. The summed E-state index contributed by atoms with van der Waals surface area (Å²) < 4.78 is 25.1. The van der Waals surface area contributed by atoms with Crippen molar-refractivity contribution in [2.45, 2.75) is 4.90 Å². The molecule has 3 N–H and O–H groups in total. The number of halogens is 1. The van der Waals surface area contributed by atoms with Crippen molar-refractivity contribution in [1.29, 1.82) is 0 Å². The lowest BCUT2D eigenvalue weighted by Gasteiger charge is -2.12. The van der Waals surface area contributed by atoms with Gasteiger partial charge in [-0.1, -0.05) is 6.07 Å². The van der Waals surface area contributed by atoms with E-state index in [1.165, 1.54) is 43.4 Å². The number of anilines is 1. The van der Waals surface area contributed by atoms with E-state index in [-0.39, 0.29) is 10.5 Å². The molecular weight excluding hydrogens is 309 g/mol. The Bertz CT molecular complexity index is 694. The molecule has 1 atom stereocenters. The van der Waals surface area contributed by atoms with Gasteiger partial charge in [0, 0.05) is 18.3 Å². The van der Waals surface area contributed by atoms with Crippen molar-refractivity contribution in [2.75, 3.05) is 12.4 Å². The summed E-state index contributed by atoms with van der Waals surface area (Å²) in [5.74, 6) is -0.829. The van der Waals surface area contributed by atoms with Gasteiger partial charge in [-0.3, -0.25) is 10.0 Å². The van der Waals surface area contributed by atoms with Crippen molar-refractivity contribution >= 4 is 22.6 Å². The van der Waals surface area contributed by atoms with Crippen molar-refractivity contribution in [3.63, 3.8) is 0 Å². The van der Waals surface area contributed by atoms with Gasteiger partial charge in [0.05, 0.1) is 4.90 Å². The molecule has 0 aliphatic carbocycles. The van der Waals surface area contributed by atoms with Gasteiger partial charge in [0.1, 0.15) is 5.82 Å². The second-order valence-electron chi connectivity index (χ2n) is 4.23. The predicted octanol–water partition coefficient (Wildman–Crippen LogP) is 1.93. The van der Waals surface area contributed by atoms with Crippen molar-refractivity contribution in [3.05, 3.63) is 59.9 Å². The van der Waals surface area contributed by atoms with Gasteiger partial charge in [-0.2, -0.15) is 0 Å². The zero-order chi connectivity index (χ0) is 16.1. The van der Waals surface area contributed by atoms with Crippen LogP contribution in [0.1, 0.15) is 10.4 Å². The van der Waals surface area contributed by atoms with Crippen molar-refractivity contribution in [2.24, 2.45) is 0 Å². The van der Waals surface area contributed by atoms with Crippen LogP contribution in [-0.2, 0) is 11.0 Å². The summed E-state index contributed by atoms with van der Waals surface area (Å²) in [4.78, 5) is 12.4. The van der Waals surface area contributed by atoms with Crippen LogP contribution in [0.4, 0.5) is 10.1 Å². The minimum Gasteiger partial charge on any atom is -0.322 e. The third-order valence-corrected chi connectivity index (χ3v) is 3.90. The molecule has 0 fully saturated rings. The van der Waals surface area contributed by atoms with E-state index in [0.717, 1.165) is 0 Å². The van der Waals surface area contributed by atoms with Gasteiger partial charge in [-0.15, -0.1) is 0 Å². The van der Waals surface area contributed by atoms with Gasteiger partial charge < -0.3 is 5.32 Å². The van der Waals surface area contributed by atoms with Crippen molar-refractivity contribution in [3.8, 4) is 0 Å². The molecule has 22 heavy (non-hydrogen) atoms. The molecule has 0 aromatic heterocycles. The molecule has 0 radical (unpaired) electrons. The Morgan fingerprint density at radius 3 is 2.55 bits per heavy atom. The lowest BCUT2D eigenvalue weighted by atomic mass is 10.2. The zero-order valence-electron chi connectivity index (χ0n) is 11.6. The van der Waals surface area contributed by atoms with Crippen LogP contribution in [0, 0.1) is 5.82 Å². The highest BCUT2D eigenvalue weighted by molar-refractivity contribution is 7.82. The summed E-state index contributed by atoms with van der Waals surface area (Å²) in [5.41, 5.74) is 3.01. The second kappa shape index (κ2) is 7.23. The fraction of sp³-hybridized carbons (Fsp3) is 0.0714. The molecule has 2 aromatic rings. The first kappa shape index (κ1) is 16.2. The molecule has 2 aromatic carbocycles. The highest BCUT2D eigenvalue weighted by Gasteiger charge is 2.14. The van der Waals surface area contributed by atoms with E-state index in [2.05, 4.69) is 10.7 Å².